The fourth-order valence-corrected chi connectivity index (χ4v) is 2.43. The fourth-order valence-electron chi connectivity index (χ4n) is 1.05. The lowest BCUT2D eigenvalue weighted by Crippen LogP contribution is -1.92. The molecule has 0 N–H and O–H groups in total. The van der Waals surface area contributed by atoms with Gasteiger partial charge in [-0.3, -0.25) is 4.68 Å². The zero-order valence-electron chi connectivity index (χ0n) is 7.61. The maximum Gasteiger partial charge on any atom is 0.157 e. The lowest BCUT2D eigenvalue weighted by atomic mass is 10.5. The van der Waals surface area contributed by atoms with Gasteiger partial charge < -0.3 is 4.74 Å². The van der Waals surface area contributed by atoms with Crippen LogP contribution in [0.25, 0.3) is 0 Å². The summed E-state index contributed by atoms with van der Waals surface area (Å²) in [5, 5.41) is 6.06. The van der Waals surface area contributed by atoms with E-state index in [2.05, 4.69) is 21.0 Å². The Morgan fingerprint density at radius 1 is 1.64 bits per heavy atom. The molecule has 0 amide bonds. The molecule has 74 valence electrons. The standard InChI is InChI=1S/C9H9BrN2OS/c1-12-5-7(4-11-12)13-6-9-8(10)2-3-14-9/h2-5H,6H2,1H3. The predicted molar refractivity (Wildman–Crippen MR) is 59.6 cm³/mol. The highest BCUT2D eigenvalue weighted by Gasteiger charge is 2.02. The summed E-state index contributed by atoms with van der Waals surface area (Å²) in [5.74, 6) is 0.799. The number of hydrogen-bond acceptors (Lipinski definition) is 3. The van der Waals surface area contributed by atoms with Gasteiger partial charge in [0.2, 0.25) is 0 Å². The Morgan fingerprint density at radius 2 is 2.50 bits per heavy atom. The van der Waals surface area contributed by atoms with E-state index in [1.54, 1.807) is 22.2 Å². The Morgan fingerprint density at radius 3 is 3.07 bits per heavy atom. The summed E-state index contributed by atoms with van der Waals surface area (Å²) in [7, 11) is 1.87. The smallest absolute Gasteiger partial charge is 0.157 e. The Labute approximate surface area is 94.4 Å². The molecule has 0 saturated heterocycles. The predicted octanol–water partition coefficient (Wildman–Crippen LogP) is 2.82. The molecule has 3 nitrogen and oxygen atoms in total. The SMILES string of the molecule is Cn1cc(OCc2sccc2Br)cn1. The number of nitrogens with zero attached hydrogens (tertiary/aromatic N) is 2. The number of hydrogen-bond donors (Lipinski definition) is 0. The van der Waals surface area contributed by atoms with Gasteiger partial charge in [-0.1, -0.05) is 0 Å². The van der Waals surface area contributed by atoms with Crippen molar-refractivity contribution in [3.63, 3.8) is 0 Å². The van der Waals surface area contributed by atoms with Gasteiger partial charge in [0.1, 0.15) is 6.61 Å². The van der Waals surface area contributed by atoms with Gasteiger partial charge in [-0.05, 0) is 27.4 Å². The maximum atomic E-state index is 5.55. The molecular formula is C9H9BrN2OS. The van der Waals surface area contributed by atoms with Gasteiger partial charge in [-0.25, -0.2) is 0 Å². The minimum atomic E-state index is 0.587. The van der Waals surface area contributed by atoms with Crippen LogP contribution in [0.2, 0.25) is 0 Å². The van der Waals surface area contributed by atoms with E-state index in [9.17, 15) is 0 Å². The van der Waals surface area contributed by atoms with Crippen LogP contribution in [0.1, 0.15) is 4.88 Å². The van der Waals surface area contributed by atoms with Crippen molar-refractivity contribution in [2.24, 2.45) is 7.05 Å². The molecule has 2 aromatic rings. The van der Waals surface area contributed by atoms with Crippen LogP contribution in [0.4, 0.5) is 0 Å². The van der Waals surface area contributed by atoms with Crippen LogP contribution in [-0.4, -0.2) is 9.78 Å². The minimum absolute atomic E-state index is 0.587. The van der Waals surface area contributed by atoms with E-state index in [1.165, 1.54) is 4.88 Å². The molecule has 0 unspecified atom stereocenters. The van der Waals surface area contributed by atoms with Crippen molar-refractivity contribution in [3.8, 4) is 5.75 Å². The van der Waals surface area contributed by atoms with Gasteiger partial charge >= 0.3 is 0 Å². The maximum absolute atomic E-state index is 5.55. The minimum Gasteiger partial charge on any atom is -0.485 e. The van der Waals surface area contributed by atoms with Crippen LogP contribution in [0.15, 0.2) is 28.3 Å². The molecule has 0 atom stereocenters. The summed E-state index contributed by atoms with van der Waals surface area (Å²) < 4.78 is 8.37. The molecule has 0 aliphatic rings. The summed E-state index contributed by atoms with van der Waals surface area (Å²) in [6, 6.07) is 2.02. The van der Waals surface area contributed by atoms with Gasteiger partial charge in [0.15, 0.2) is 5.75 Å². The quantitative estimate of drug-likeness (QED) is 0.859. The second-order valence-corrected chi connectivity index (χ2v) is 4.69. The molecule has 0 aromatic carbocycles. The van der Waals surface area contributed by atoms with Crippen molar-refractivity contribution < 1.29 is 4.74 Å². The van der Waals surface area contributed by atoms with Gasteiger partial charge in [-0.2, -0.15) is 5.10 Å². The molecule has 0 aliphatic heterocycles. The lowest BCUT2D eigenvalue weighted by molar-refractivity contribution is 0.309. The van der Waals surface area contributed by atoms with Crippen LogP contribution < -0.4 is 4.74 Å². The molecule has 14 heavy (non-hydrogen) atoms. The average molecular weight is 273 g/mol. The van der Waals surface area contributed by atoms with Crippen molar-refractivity contribution >= 4 is 27.3 Å². The zero-order valence-corrected chi connectivity index (χ0v) is 10.0. The highest BCUT2D eigenvalue weighted by molar-refractivity contribution is 9.10. The molecule has 0 saturated carbocycles. The molecule has 0 spiro atoms. The van der Waals surface area contributed by atoms with Crippen molar-refractivity contribution in [2.75, 3.05) is 0 Å². The molecule has 0 radical (unpaired) electrons. The number of aromatic nitrogens is 2. The van der Waals surface area contributed by atoms with Crippen molar-refractivity contribution in [1.29, 1.82) is 0 Å². The van der Waals surface area contributed by atoms with Crippen molar-refractivity contribution in [1.82, 2.24) is 9.78 Å². The van der Waals surface area contributed by atoms with E-state index >= 15 is 0 Å². The number of ether oxygens (including phenoxy) is 1. The van der Waals surface area contributed by atoms with Crippen molar-refractivity contribution in [3.05, 3.63) is 33.2 Å². The summed E-state index contributed by atoms with van der Waals surface area (Å²) in [5.41, 5.74) is 0. The Balaban J connectivity index is 1.98. The van der Waals surface area contributed by atoms with E-state index in [0.717, 1.165) is 10.2 Å². The normalized spacial score (nSPS) is 10.4. The molecule has 2 rings (SSSR count). The van der Waals surface area contributed by atoms with E-state index in [-0.39, 0.29) is 0 Å². The molecule has 5 heteroatoms. The first-order valence-electron chi connectivity index (χ1n) is 4.09. The van der Waals surface area contributed by atoms with Crippen LogP contribution in [0.5, 0.6) is 5.75 Å². The van der Waals surface area contributed by atoms with Gasteiger partial charge in [-0.15, -0.1) is 11.3 Å². The summed E-state index contributed by atoms with van der Waals surface area (Å²) in [6.45, 7) is 0.587. The molecule has 2 aromatic heterocycles. The Bertz CT molecular complexity index is 424. The second-order valence-electron chi connectivity index (χ2n) is 2.83. The molecule has 0 bridgehead atoms. The zero-order chi connectivity index (χ0) is 9.97. The average Bonchev–Trinajstić information content (AvgIpc) is 2.72. The number of rotatable bonds is 3. The monoisotopic (exact) mass is 272 g/mol. The summed E-state index contributed by atoms with van der Waals surface area (Å²) >= 11 is 5.13. The molecule has 2 heterocycles. The van der Waals surface area contributed by atoms with E-state index in [1.807, 2.05) is 24.7 Å². The number of aryl methyl sites for hydroxylation is 1. The van der Waals surface area contributed by atoms with E-state index < -0.39 is 0 Å². The van der Waals surface area contributed by atoms with Gasteiger partial charge in [0, 0.05) is 11.5 Å². The lowest BCUT2D eigenvalue weighted by Gasteiger charge is -2.00. The third kappa shape index (κ3) is 2.16. The second kappa shape index (κ2) is 4.14. The first kappa shape index (κ1) is 9.73. The number of halogens is 1. The molecule has 0 aliphatic carbocycles. The molecular weight excluding hydrogens is 264 g/mol. The molecule has 0 fully saturated rings. The third-order valence-corrected chi connectivity index (χ3v) is 3.64. The topological polar surface area (TPSA) is 27.1 Å². The first-order valence-corrected chi connectivity index (χ1v) is 5.76. The third-order valence-electron chi connectivity index (χ3n) is 1.74. The van der Waals surface area contributed by atoms with Gasteiger partial charge in [0.05, 0.1) is 17.3 Å². The summed E-state index contributed by atoms with van der Waals surface area (Å²) in [6.07, 6.45) is 3.56. The Hall–Kier alpha value is -0.810. The van der Waals surface area contributed by atoms with Gasteiger partial charge in [0.25, 0.3) is 0 Å². The van der Waals surface area contributed by atoms with E-state index in [4.69, 9.17) is 4.74 Å². The highest BCUT2D eigenvalue weighted by Crippen LogP contribution is 2.24. The van der Waals surface area contributed by atoms with Crippen LogP contribution >= 0.6 is 27.3 Å². The number of thiophene rings is 1. The summed E-state index contributed by atoms with van der Waals surface area (Å²) in [4.78, 5) is 1.19. The van der Waals surface area contributed by atoms with E-state index in [0.29, 0.717) is 6.61 Å². The Kier molecular flexibility index (Phi) is 2.88. The van der Waals surface area contributed by atoms with Crippen molar-refractivity contribution in [2.45, 2.75) is 6.61 Å². The largest absolute Gasteiger partial charge is 0.485 e. The van der Waals surface area contributed by atoms with Crippen LogP contribution in [-0.2, 0) is 13.7 Å². The fraction of sp³-hybridized carbons (Fsp3) is 0.222. The first-order chi connectivity index (χ1) is 6.75. The highest BCUT2D eigenvalue weighted by atomic mass is 79.9. The van der Waals surface area contributed by atoms with Crippen LogP contribution in [0, 0.1) is 0 Å². The van der Waals surface area contributed by atoms with Crippen LogP contribution in [0.3, 0.4) is 0 Å².